The zero-order valence-electron chi connectivity index (χ0n) is 19.6. The molecule has 2 heterocycles. The first-order valence-corrected chi connectivity index (χ1v) is 12.3. The van der Waals surface area contributed by atoms with Crippen molar-refractivity contribution in [1.82, 2.24) is 14.3 Å². The van der Waals surface area contributed by atoms with Gasteiger partial charge >= 0.3 is 10.2 Å². The van der Waals surface area contributed by atoms with Gasteiger partial charge in [-0.2, -0.15) is 12.7 Å². The summed E-state index contributed by atoms with van der Waals surface area (Å²) < 4.78 is 58.1. The minimum absolute atomic E-state index is 0.0126. The van der Waals surface area contributed by atoms with E-state index in [9.17, 15) is 17.6 Å². The zero-order valence-corrected chi connectivity index (χ0v) is 20.4. The number of nitrogens with zero attached hydrogens (tertiary/aromatic N) is 2. The predicted molar refractivity (Wildman–Crippen MR) is 131 cm³/mol. The molecule has 35 heavy (non-hydrogen) atoms. The lowest BCUT2D eigenvalue weighted by atomic mass is 9.99. The highest BCUT2D eigenvalue weighted by Gasteiger charge is 2.27. The van der Waals surface area contributed by atoms with E-state index in [1.165, 1.54) is 13.2 Å². The van der Waals surface area contributed by atoms with Crippen LogP contribution in [0.2, 0.25) is 0 Å². The number of halogens is 2. The topological polar surface area (TPSA) is 95.2 Å². The van der Waals surface area contributed by atoms with Crippen LogP contribution in [0.4, 0.5) is 14.5 Å². The molecular weight excluding hydrogens is 474 g/mol. The number of carbonyl (C=O) groups excluding carboxylic acids is 1. The van der Waals surface area contributed by atoms with Gasteiger partial charge in [0, 0.05) is 42.0 Å². The molecule has 0 saturated heterocycles. The van der Waals surface area contributed by atoms with Gasteiger partial charge in [-0.3, -0.25) is 9.52 Å². The molecule has 4 rings (SSSR count). The van der Waals surface area contributed by atoms with Gasteiger partial charge in [-0.05, 0) is 44.5 Å². The Morgan fingerprint density at radius 2 is 1.77 bits per heavy atom. The molecule has 0 radical (unpaired) electrons. The molecule has 0 bridgehead atoms. The number of hydrogen-bond donors (Lipinski definition) is 2. The van der Waals surface area contributed by atoms with Crippen molar-refractivity contribution in [2.45, 2.75) is 26.8 Å². The summed E-state index contributed by atoms with van der Waals surface area (Å²) in [6.45, 7) is 5.25. The number of benzene rings is 2. The number of carbonyl (C=O) groups is 1. The number of nitrogens with one attached hydrogen (secondary N) is 2. The summed E-state index contributed by atoms with van der Waals surface area (Å²) in [4.78, 5) is 20.5. The molecule has 0 aliphatic carbocycles. The second-order valence-corrected chi connectivity index (χ2v) is 10.2. The molecule has 0 amide bonds. The van der Waals surface area contributed by atoms with Crippen LogP contribution in [-0.4, -0.2) is 41.6 Å². The van der Waals surface area contributed by atoms with Crippen LogP contribution in [0, 0.1) is 18.6 Å². The monoisotopic (exact) mass is 498 g/mol. The normalized spacial score (nSPS) is 12.0. The van der Waals surface area contributed by atoms with Gasteiger partial charge in [0.1, 0.15) is 11.5 Å². The molecule has 182 valence electrons. The van der Waals surface area contributed by atoms with Crippen LogP contribution in [0.3, 0.4) is 0 Å². The van der Waals surface area contributed by atoms with Crippen molar-refractivity contribution >= 4 is 32.7 Å². The number of anilines is 1. The van der Waals surface area contributed by atoms with Crippen LogP contribution in [0.1, 0.15) is 35.3 Å². The fourth-order valence-corrected chi connectivity index (χ4v) is 4.69. The van der Waals surface area contributed by atoms with Crippen molar-refractivity contribution in [2.24, 2.45) is 0 Å². The highest BCUT2D eigenvalue weighted by Crippen LogP contribution is 2.30. The van der Waals surface area contributed by atoms with E-state index in [1.807, 2.05) is 31.2 Å². The van der Waals surface area contributed by atoms with Crippen LogP contribution in [0.5, 0.6) is 0 Å². The molecule has 0 aliphatic heterocycles. The Morgan fingerprint density at radius 1 is 1.09 bits per heavy atom. The van der Waals surface area contributed by atoms with Crippen LogP contribution in [0.15, 0.2) is 54.9 Å². The van der Waals surface area contributed by atoms with Crippen molar-refractivity contribution in [3.05, 3.63) is 83.2 Å². The molecule has 0 fully saturated rings. The third-order valence-electron chi connectivity index (χ3n) is 5.82. The van der Waals surface area contributed by atoms with Crippen molar-refractivity contribution in [3.8, 4) is 11.1 Å². The Bertz CT molecular complexity index is 1530. The Balaban J connectivity index is 1.76. The third kappa shape index (κ3) is 4.67. The first-order valence-electron chi connectivity index (χ1n) is 10.8. The largest absolute Gasteiger partial charge is 0.345 e. The van der Waals surface area contributed by atoms with Gasteiger partial charge in [-0.1, -0.05) is 29.8 Å². The predicted octanol–water partition coefficient (Wildman–Crippen LogP) is 5.04. The standard InChI is InChI=1S/C25H24F2N4O3S/c1-14(2)31(4)35(33,34)30-21-10-9-20(26)22(23(21)27)24(32)19-13-29-25-18(19)11-17(12-28-25)16-7-5-15(3)6-8-16/h5-14,30H,1-4H3,(H,28,29). The molecule has 10 heteroatoms. The average molecular weight is 499 g/mol. The van der Waals surface area contributed by atoms with Gasteiger partial charge in [0.25, 0.3) is 0 Å². The van der Waals surface area contributed by atoms with Crippen molar-refractivity contribution in [2.75, 3.05) is 11.8 Å². The smallest absolute Gasteiger partial charge is 0.301 e. The number of H-pyrrole nitrogens is 1. The fourth-order valence-electron chi connectivity index (χ4n) is 3.56. The third-order valence-corrected chi connectivity index (χ3v) is 7.48. The van der Waals surface area contributed by atoms with Crippen molar-refractivity contribution in [1.29, 1.82) is 0 Å². The highest BCUT2D eigenvalue weighted by molar-refractivity contribution is 7.90. The molecule has 0 spiro atoms. The molecule has 0 atom stereocenters. The fraction of sp³-hybridized carbons (Fsp3) is 0.200. The van der Waals surface area contributed by atoms with E-state index in [2.05, 4.69) is 14.7 Å². The molecule has 0 saturated carbocycles. The highest BCUT2D eigenvalue weighted by atomic mass is 32.2. The van der Waals surface area contributed by atoms with E-state index >= 15 is 4.39 Å². The van der Waals surface area contributed by atoms with Gasteiger partial charge in [-0.15, -0.1) is 0 Å². The molecule has 0 aliphatic rings. The summed E-state index contributed by atoms with van der Waals surface area (Å²) in [5, 5.41) is 0.386. The maximum Gasteiger partial charge on any atom is 0.301 e. The van der Waals surface area contributed by atoms with Crippen molar-refractivity contribution < 1.29 is 22.0 Å². The summed E-state index contributed by atoms with van der Waals surface area (Å²) in [6.07, 6.45) is 2.97. The second kappa shape index (κ2) is 9.20. The lowest BCUT2D eigenvalue weighted by Gasteiger charge is -2.22. The van der Waals surface area contributed by atoms with E-state index < -0.39 is 44.9 Å². The molecule has 2 aromatic heterocycles. The second-order valence-electron chi connectivity index (χ2n) is 8.52. The van der Waals surface area contributed by atoms with E-state index in [0.29, 0.717) is 11.0 Å². The lowest BCUT2D eigenvalue weighted by Crippen LogP contribution is -2.37. The average Bonchev–Trinajstić information content (AvgIpc) is 3.24. The Labute approximate surface area is 202 Å². The maximum atomic E-state index is 15.3. The van der Waals surface area contributed by atoms with Gasteiger partial charge in [-0.25, -0.2) is 13.8 Å². The van der Waals surface area contributed by atoms with Gasteiger partial charge < -0.3 is 4.98 Å². The number of aryl methyl sites for hydroxylation is 1. The summed E-state index contributed by atoms with van der Waals surface area (Å²) in [6, 6.07) is 10.8. The number of aromatic nitrogens is 2. The van der Waals surface area contributed by atoms with Gasteiger partial charge in [0.05, 0.1) is 11.3 Å². The van der Waals surface area contributed by atoms with Crippen LogP contribution in [-0.2, 0) is 10.2 Å². The number of rotatable bonds is 7. The zero-order chi connectivity index (χ0) is 25.5. The van der Waals surface area contributed by atoms with Crippen molar-refractivity contribution in [3.63, 3.8) is 0 Å². The number of hydrogen-bond acceptors (Lipinski definition) is 4. The minimum Gasteiger partial charge on any atom is -0.345 e. The quantitative estimate of drug-likeness (QED) is 0.349. The summed E-state index contributed by atoms with van der Waals surface area (Å²) in [5.74, 6) is -3.34. The number of fused-ring (bicyclic) bond motifs is 1. The molecular formula is C25H24F2N4O3S. The first-order chi connectivity index (χ1) is 16.5. The van der Waals surface area contributed by atoms with Crippen LogP contribution < -0.4 is 4.72 Å². The molecule has 7 nitrogen and oxygen atoms in total. The Kier molecular flexibility index (Phi) is 6.44. The van der Waals surface area contributed by atoms with E-state index in [4.69, 9.17) is 0 Å². The Hall–Kier alpha value is -3.63. The maximum absolute atomic E-state index is 15.3. The van der Waals surface area contributed by atoms with Crippen LogP contribution in [0.25, 0.3) is 22.2 Å². The summed E-state index contributed by atoms with van der Waals surface area (Å²) in [5.41, 5.74) is 1.68. The number of pyridine rings is 1. The van der Waals surface area contributed by atoms with Gasteiger partial charge in [0.2, 0.25) is 5.78 Å². The molecule has 0 unspecified atom stereocenters. The lowest BCUT2D eigenvalue weighted by molar-refractivity contribution is 0.103. The van der Waals surface area contributed by atoms with E-state index in [1.54, 1.807) is 26.1 Å². The van der Waals surface area contributed by atoms with E-state index in [-0.39, 0.29) is 5.56 Å². The number of ketones is 1. The first kappa shape index (κ1) is 24.5. The minimum atomic E-state index is -4.12. The van der Waals surface area contributed by atoms with Gasteiger partial charge in [0.15, 0.2) is 5.82 Å². The Morgan fingerprint density at radius 3 is 2.43 bits per heavy atom. The van der Waals surface area contributed by atoms with Crippen LogP contribution >= 0.6 is 0 Å². The van der Waals surface area contributed by atoms with E-state index in [0.717, 1.165) is 33.1 Å². The molecule has 2 N–H and O–H groups in total. The SMILES string of the molecule is Cc1ccc(-c2cnc3[nH]cc(C(=O)c4c(F)ccc(NS(=O)(=O)N(C)C(C)C)c4F)c3c2)cc1. The molecule has 2 aromatic carbocycles. The summed E-state index contributed by atoms with van der Waals surface area (Å²) >= 11 is 0. The molecule has 4 aromatic rings. The number of aromatic amines is 1. The summed E-state index contributed by atoms with van der Waals surface area (Å²) in [7, 11) is -2.80.